The first kappa shape index (κ1) is 17.4. The Morgan fingerprint density at radius 2 is 2.08 bits per heavy atom. The molecule has 1 aliphatic carbocycles. The van der Waals surface area contributed by atoms with Crippen LogP contribution in [0, 0.1) is 5.92 Å². The van der Waals surface area contributed by atoms with E-state index in [0.717, 1.165) is 42.1 Å². The molecule has 0 bridgehead atoms. The van der Waals surface area contributed by atoms with Gasteiger partial charge in [-0.25, -0.2) is 0 Å². The fourth-order valence-corrected chi connectivity index (χ4v) is 3.29. The van der Waals surface area contributed by atoms with Crippen molar-refractivity contribution >= 4 is 22.8 Å². The number of esters is 1. The largest absolute Gasteiger partial charge is 0.461 e. The summed E-state index contributed by atoms with van der Waals surface area (Å²) >= 11 is 0. The first-order valence-electron chi connectivity index (χ1n) is 8.91. The molecule has 1 aromatic carbocycles. The maximum atomic E-state index is 12.1. The van der Waals surface area contributed by atoms with Gasteiger partial charge < -0.3 is 10.1 Å². The molecule has 0 spiro atoms. The van der Waals surface area contributed by atoms with Gasteiger partial charge in [0, 0.05) is 23.5 Å². The van der Waals surface area contributed by atoms with Gasteiger partial charge in [0.05, 0.1) is 11.9 Å². The molecule has 1 atom stereocenters. The van der Waals surface area contributed by atoms with Crippen molar-refractivity contribution in [3.8, 4) is 0 Å². The highest BCUT2D eigenvalue weighted by Crippen LogP contribution is 2.24. The van der Waals surface area contributed by atoms with E-state index in [9.17, 15) is 9.59 Å². The van der Waals surface area contributed by atoms with E-state index in [0.29, 0.717) is 0 Å². The Kier molecular flexibility index (Phi) is 5.64. The third-order valence-corrected chi connectivity index (χ3v) is 4.65. The van der Waals surface area contributed by atoms with Crippen molar-refractivity contribution in [1.29, 1.82) is 0 Å². The zero-order valence-corrected chi connectivity index (χ0v) is 14.5. The van der Waals surface area contributed by atoms with Crippen LogP contribution in [0.5, 0.6) is 0 Å². The maximum Gasteiger partial charge on any atom is 0.308 e. The second kappa shape index (κ2) is 8.10. The smallest absolute Gasteiger partial charge is 0.308 e. The van der Waals surface area contributed by atoms with Gasteiger partial charge in [-0.05, 0) is 43.5 Å². The summed E-state index contributed by atoms with van der Waals surface area (Å²) in [4.78, 5) is 28.3. The molecule has 0 radical (unpaired) electrons. The molecular weight excluding hydrogens is 316 g/mol. The second-order valence-corrected chi connectivity index (χ2v) is 6.79. The highest BCUT2D eigenvalue weighted by molar-refractivity contribution is 5.80. The molecule has 132 valence electrons. The van der Waals surface area contributed by atoms with Crippen LogP contribution in [0.1, 0.15) is 44.6 Å². The van der Waals surface area contributed by atoms with E-state index in [-0.39, 0.29) is 36.9 Å². The van der Waals surface area contributed by atoms with Crippen molar-refractivity contribution in [3.63, 3.8) is 0 Å². The Hall–Kier alpha value is -2.43. The molecule has 3 rings (SSSR count). The molecule has 1 aromatic heterocycles. The minimum atomic E-state index is -0.300. The third kappa shape index (κ3) is 4.78. The number of pyridine rings is 1. The summed E-state index contributed by atoms with van der Waals surface area (Å²) in [5.41, 5.74) is 1.84. The summed E-state index contributed by atoms with van der Waals surface area (Å²) in [6, 6.07) is 9.46. The van der Waals surface area contributed by atoms with Gasteiger partial charge in [0.2, 0.25) is 5.91 Å². The summed E-state index contributed by atoms with van der Waals surface area (Å²) in [6.45, 7) is 2.07. The molecule has 5 nitrogen and oxygen atoms in total. The van der Waals surface area contributed by atoms with Crippen molar-refractivity contribution < 1.29 is 14.3 Å². The Bertz CT molecular complexity index is 753. The lowest BCUT2D eigenvalue weighted by Gasteiger charge is -2.16. The molecule has 1 saturated carbocycles. The molecule has 2 aromatic rings. The summed E-state index contributed by atoms with van der Waals surface area (Å²) in [5, 5.41) is 3.95. The molecule has 25 heavy (non-hydrogen) atoms. The van der Waals surface area contributed by atoms with Crippen LogP contribution in [-0.4, -0.2) is 22.9 Å². The molecule has 1 fully saturated rings. The lowest BCUT2D eigenvalue weighted by Crippen LogP contribution is -2.37. The number of hydrogen-bond donors (Lipinski definition) is 1. The van der Waals surface area contributed by atoms with Gasteiger partial charge in [0.15, 0.2) is 0 Å². The van der Waals surface area contributed by atoms with Crippen molar-refractivity contribution in [2.75, 3.05) is 0 Å². The van der Waals surface area contributed by atoms with Gasteiger partial charge in [0.1, 0.15) is 6.61 Å². The van der Waals surface area contributed by atoms with Crippen molar-refractivity contribution in [3.05, 3.63) is 42.1 Å². The average Bonchev–Trinajstić information content (AvgIpc) is 3.14. The summed E-state index contributed by atoms with van der Waals surface area (Å²) in [6.07, 6.45) is 6.10. The predicted octanol–water partition coefficient (Wildman–Crippen LogP) is 3.36. The zero-order valence-electron chi connectivity index (χ0n) is 14.5. The van der Waals surface area contributed by atoms with E-state index in [1.807, 2.05) is 37.3 Å². The third-order valence-electron chi connectivity index (χ3n) is 4.65. The quantitative estimate of drug-likeness (QED) is 0.819. The van der Waals surface area contributed by atoms with E-state index < -0.39 is 0 Å². The fraction of sp³-hybridized carbons (Fsp3) is 0.450. The van der Waals surface area contributed by atoms with E-state index in [1.54, 1.807) is 6.20 Å². The molecule has 1 aliphatic rings. The summed E-state index contributed by atoms with van der Waals surface area (Å²) in [5.74, 6) is -0.116. The lowest BCUT2D eigenvalue weighted by molar-refractivity contribution is -0.145. The molecular formula is C20H24N2O3. The van der Waals surface area contributed by atoms with Gasteiger partial charge in [-0.3, -0.25) is 14.6 Å². The number of nitrogens with one attached hydrogen (secondary N) is 1. The fourth-order valence-electron chi connectivity index (χ4n) is 3.29. The predicted molar refractivity (Wildman–Crippen MR) is 95.7 cm³/mol. The Balaban J connectivity index is 1.45. The van der Waals surface area contributed by atoms with Gasteiger partial charge in [-0.15, -0.1) is 0 Å². The SMILES string of the molecule is CC(CC(=O)OCc1ccc2ncccc2c1)NC(=O)C1CCCC1. The van der Waals surface area contributed by atoms with Crippen LogP contribution < -0.4 is 5.32 Å². The minimum absolute atomic E-state index is 0.0693. The van der Waals surface area contributed by atoms with E-state index in [1.165, 1.54) is 0 Å². The number of carbonyl (C=O) groups is 2. The first-order valence-corrected chi connectivity index (χ1v) is 8.91. The standard InChI is InChI=1S/C20H24N2O3/c1-14(22-20(24)16-5-2-3-6-16)11-19(23)25-13-15-8-9-18-17(12-15)7-4-10-21-18/h4,7-10,12,14,16H,2-3,5-6,11,13H2,1H3,(H,22,24). The van der Waals surface area contributed by atoms with Crippen LogP contribution >= 0.6 is 0 Å². The lowest BCUT2D eigenvalue weighted by atomic mass is 10.1. The zero-order chi connectivity index (χ0) is 17.6. The van der Waals surface area contributed by atoms with Crippen molar-refractivity contribution in [1.82, 2.24) is 10.3 Å². The molecule has 1 amide bonds. The normalized spacial score (nSPS) is 15.9. The average molecular weight is 340 g/mol. The number of rotatable bonds is 6. The number of fused-ring (bicyclic) bond motifs is 1. The monoisotopic (exact) mass is 340 g/mol. The number of benzene rings is 1. The number of hydrogen-bond acceptors (Lipinski definition) is 4. The van der Waals surface area contributed by atoms with Gasteiger partial charge >= 0.3 is 5.97 Å². The van der Waals surface area contributed by atoms with E-state index in [2.05, 4.69) is 10.3 Å². The number of ether oxygens (including phenoxy) is 1. The topological polar surface area (TPSA) is 68.3 Å². The molecule has 1 N–H and O–H groups in total. The Labute approximate surface area is 147 Å². The molecule has 1 unspecified atom stereocenters. The van der Waals surface area contributed by atoms with Gasteiger partial charge in [0.25, 0.3) is 0 Å². The number of carbonyl (C=O) groups excluding carboxylic acids is 2. The van der Waals surface area contributed by atoms with Gasteiger partial charge in [-0.2, -0.15) is 0 Å². The number of aromatic nitrogens is 1. The van der Waals surface area contributed by atoms with Crippen LogP contribution in [0.25, 0.3) is 10.9 Å². The second-order valence-electron chi connectivity index (χ2n) is 6.79. The van der Waals surface area contributed by atoms with Crippen LogP contribution in [0.2, 0.25) is 0 Å². The van der Waals surface area contributed by atoms with E-state index in [4.69, 9.17) is 4.74 Å². The van der Waals surface area contributed by atoms with Crippen LogP contribution in [-0.2, 0) is 20.9 Å². The molecule has 1 heterocycles. The number of amides is 1. The summed E-state index contributed by atoms with van der Waals surface area (Å²) in [7, 11) is 0. The number of nitrogens with zero attached hydrogens (tertiary/aromatic N) is 1. The molecule has 0 aliphatic heterocycles. The first-order chi connectivity index (χ1) is 12.1. The summed E-state index contributed by atoms with van der Waals surface area (Å²) < 4.78 is 5.34. The van der Waals surface area contributed by atoms with Gasteiger partial charge in [-0.1, -0.05) is 25.0 Å². The highest BCUT2D eigenvalue weighted by atomic mass is 16.5. The minimum Gasteiger partial charge on any atom is -0.461 e. The molecule has 0 saturated heterocycles. The molecule has 5 heteroatoms. The van der Waals surface area contributed by atoms with Crippen molar-refractivity contribution in [2.24, 2.45) is 5.92 Å². The van der Waals surface area contributed by atoms with Crippen LogP contribution in [0.15, 0.2) is 36.5 Å². The Morgan fingerprint density at radius 3 is 2.88 bits per heavy atom. The van der Waals surface area contributed by atoms with Crippen molar-refractivity contribution in [2.45, 2.75) is 51.7 Å². The van der Waals surface area contributed by atoms with Crippen LogP contribution in [0.3, 0.4) is 0 Å². The maximum absolute atomic E-state index is 12.1. The highest BCUT2D eigenvalue weighted by Gasteiger charge is 2.24. The van der Waals surface area contributed by atoms with Crippen LogP contribution in [0.4, 0.5) is 0 Å². The van der Waals surface area contributed by atoms with E-state index >= 15 is 0 Å². The Morgan fingerprint density at radius 1 is 1.28 bits per heavy atom.